The molecule has 0 spiro atoms. The predicted molar refractivity (Wildman–Crippen MR) is 120 cm³/mol. The number of hydrogen-bond acceptors (Lipinski definition) is 7. The lowest BCUT2D eigenvalue weighted by Crippen LogP contribution is -2.53. The Kier molecular flexibility index (Phi) is 5.51. The molecule has 1 aliphatic heterocycles. The fourth-order valence-electron chi connectivity index (χ4n) is 4.70. The molecule has 31 heavy (non-hydrogen) atoms. The molecule has 3 unspecified atom stereocenters. The summed E-state index contributed by atoms with van der Waals surface area (Å²) in [5.74, 6) is 1.23. The molecule has 0 bridgehead atoms. The third-order valence-electron chi connectivity index (χ3n) is 6.13. The number of benzene rings is 1. The van der Waals surface area contributed by atoms with Gasteiger partial charge in [0, 0.05) is 25.2 Å². The number of nitrogens with zero attached hydrogens (tertiary/aromatic N) is 4. The second-order valence-corrected chi connectivity index (χ2v) is 8.99. The van der Waals surface area contributed by atoms with E-state index in [2.05, 4.69) is 32.9 Å². The minimum atomic E-state index is -0.130. The van der Waals surface area contributed by atoms with E-state index in [1.165, 1.54) is 18.2 Å². The van der Waals surface area contributed by atoms with Crippen LogP contribution in [0.5, 0.6) is 0 Å². The molecule has 10 heteroatoms. The van der Waals surface area contributed by atoms with Gasteiger partial charge in [0.2, 0.25) is 11.7 Å². The zero-order chi connectivity index (χ0) is 21.4. The molecular formula is C21H25N7O2S. The Balaban J connectivity index is 1.39. The number of hydrazine groups is 1. The van der Waals surface area contributed by atoms with Crippen LogP contribution in [0, 0.1) is 5.92 Å². The van der Waals surface area contributed by atoms with Gasteiger partial charge in [-0.05, 0) is 30.9 Å². The molecule has 3 atom stereocenters. The number of amides is 1. The van der Waals surface area contributed by atoms with E-state index in [0.29, 0.717) is 28.8 Å². The molecule has 1 amide bonds. The van der Waals surface area contributed by atoms with E-state index in [4.69, 9.17) is 0 Å². The number of thioether (sulfide) groups is 1. The lowest BCUT2D eigenvalue weighted by atomic mass is 9.82. The third-order valence-corrected chi connectivity index (χ3v) is 7.06. The molecule has 2 fully saturated rings. The Bertz CT molecular complexity index is 1200. The number of carbonyl (C=O) groups excluding carboxylic acids is 1. The summed E-state index contributed by atoms with van der Waals surface area (Å²) in [7, 11) is 0. The van der Waals surface area contributed by atoms with Gasteiger partial charge in [0.1, 0.15) is 0 Å². The van der Waals surface area contributed by atoms with E-state index in [9.17, 15) is 9.59 Å². The van der Waals surface area contributed by atoms with Crippen LogP contribution in [0.3, 0.4) is 0 Å². The van der Waals surface area contributed by atoms with Gasteiger partial charge in [0.25, 0.3) is 5.56 Å². The summed E-state index contributed by atoms with van der Waals surface area (Å²) in [6.07, 6.45) is 4.97. The smallest absolute Gasteiger partial charge is 0.263 e. The van der Waals surface area contributed by atoms with Crippen LogP contribution < -0.4 is 21.7 Å². The lowest BCUT2D eigenvalue weighted by molar-refractivity contribution is -0.119. The first kappa shape index (κ1) is 20.2. The summed E-state index contributed by atoms with van der Waals surface area (Å²) in [6, 6.07) is 7.80. The van der Waals surface area contributed by atoms with E-state index in [0.717, 1.165) is 24.9 Å². The minimum Gasteiger partial charge on any atom is -0.351 e. The number of fused-ring (bicyclic) bond motifs is 4. The molecule has 2 aliphatic rings. The highest BCUT2D eigenvalue weighted by Gasteiger charge is 2.37. The van der Waals surface area contributed by atoms with Crippen LogP contribution in [0.15, 0.2) is 46.9 Å². The lowest BCUT2D eigenvalue weighted by Gasteiger charge is -2.33. The molecular weight excluding hydrogens is 414 g/mol. The summed E-state index contributed by atoms with van der Waals surface area (Å²) in [6.45, 7) is 5.03. The number of allylic oxidation sites excluding steroid dienone is 1. The molecule has 5 rings (SSSR count). The second-order valence-electron chi connectivity index (χ2n) is 8.04. The molecule has 3 aromatic rings. The molecule has 3 heterocycles. The first-order valence-electron chi connectivity index (χ1n) is 10.6. The van der Waals surface area contributed by atoms with Gasteiger partial charge in [-0.1, -0.05) is 36.4 Å². The van der Waals surface area contributed by atoms with Crippen LogP contribution in [-0.2, 0) is 11.3 Å². The molecule has 2 aromatic heterocycles. The molecule has 3 N–H and O–H groups in total. The van der Waals surface area contributed by atoms with Crippen molar-refractivity contribution < 1.29 is 4.79 Å². The van der Waals surface area contributed by atoms with E-state index < -0.39 is 0 Å². The van der Waals surface area contributed by atoms with Gasteiger partial charge in [0.15, 0.2) is 5.16 Å². The van der Waals surface area contributed by atoms with Crippen molar-refractivity contribution in [2.75, 3.05) is 12.3 Å². The normalized spacial score (nSPS) is 23.2. The van der Waals surface area contributed by atoms with Crippen LogP contribution in [0.2, 0.25) is 0 Å². The van der Waals surface area contributed by atoms with Gasteiger partial charge in [-0.2, -0.15) is 0 Å². The van der Waals surface area contributed by atoms with E-state index in [-0.39, 0.29) is 29.3 Å². The van der Waals surface area contributed by atoms with Crippen molar-refractivity contribution in [2.45, 2.75) is 43.0 Å². The minimum absolute atomic E-state index is 0.0233. The number of nitrogens with one attached hydrogen (secondary N) is 3. The highest BCUT2D eigenvalue weighted by Crippen LogP contribution is 2.27. The Hall–Kier alpha value is -2.69. The van der Waals surface area contributed by atoms with Gasteiger partial charge in [-0.15, -0.1) is 16.8 Å². The van der Waals surface area contributed by atoms with Crippen molar-refractivity contribution in [3.8, 4) is 0 Å². The maximum absolute atomic E-state index is 12.9. The first-order chi connectivity index (χ1) is 15.2. The van der Waals surface area contributed by atoms with Crippen LogP contribution in [-0.4, -0.2) is 49.5 Å². The topological polar surface area (TPSA) is 105 Å². The van der Waals surface area contributed by atoms with Gasteiger partial charge >= 0.3 is 0 Å². The van der Waals surface area contributed by atoms with E-state index >= 15 is 0 Å². The van der Waals surface area contributed by atoms with Crippen LogP contribution in [0.1, 0.15) is 19.3 Å². The van der Waals surface area contributed by atoms with Crippen molar-refractivity contribution in [3.05, 3.63) is 47.3 Å². The average molecular weight is 440 g/mol. The maximum atomic E-state index is 12.9. The van der Waals surface area contributed by atoms with Crippen molar-refractivity contribution in [1.82, 2.24) is 35.3 Å². The Labute approximate surface area is 183 Å². The van der Waals surface area contributed by atoms with Gasteiger partial charge in [-0.3, -0.25) is 29.4 Å². The van der Waals surface area contributed by atoms with Gasteiger partial charge in [0.05, 0.1) is 16.7 Å². The Morgan fingerprint density at radius 3 is 3.06 bits per heavy atom. The van der Waals surface area contributed by atoms with Gasteiger partial charge in [-0.25, -0.2) is 0 Å². The van der Waals surface area contributed by atoms with Crippen molar-refractivity contribution in [3.63, 3.8) is 0 Å². The molecule has 9 nitrogen and oxygen atoms in total. The quantitative estimate of drug-likeness (QED) is 0.390. The molecule has 1 aliphatic carbocycles. The van der Waals surface area contributed by atoms with Crippen molar-refractivity contribution >= 4 is 34.3 Å². The fraction of sp³-hybridized carbons (Fsp3) is 0.429. The first-order valence-corrected chi connectivity index (χ1v) is 11.5. The second kappa shape index (κ2) is 8.45. The summed E-state index contributed by atoms with van der Waals surface area (Å²) >= 11 is 1.33. The summed E-state index contributed by atoms with van der Waals surface area (Å²) in [4.78, 5) is 25.6. The number of carbonyl (C=O) groups is 1. The average Bonchev–Trinajstić information content (AvgIpc) is 3.43. The number of hydrogen-bond donors (Lipinski definition) is 3. The van der Waals surface area contributed by atoms with Crippen molar-refractivity contribution in [1.29, 1.82) is 0 Å². The number of para-hydroxylation sites is 1. The fourth-order valence-corrected chi connectivity index (χ4v) is 5.46. The van der Waals surface area contributed by atoms with E-state index in [1.807, 2.05) is 22.6 Å². The highest BCUT2D eigenvalue weighted by molar-refractivity contribution is 7.99. The number of rotatable bonds is 6. The Morgan fingerprint density at radius 2 is 2.19 bits per heavy atom. The number of aromatic nitrogens is 4. The highest BCUT2D eigenvalue weighted by atomic mass is 32.2. The van der Waals surface area contributed by atoms with Crippen LogP contribution in [0.4, 0.5) is 0 Å². The molecule has 162 valence electrons. The summed E-state index contributed by atoms with van der Waals surface area (Å²) in [5.41, 5.74) is 7.13. The molecule has 1 saturated heterocycles. The van der Waals surface area contributed by atoms with Crippen molar-refractivity contribution in [2.24, 2.45) is 5.92 Å². The SMILES string of the molecule is C=CCn1c(=O)c2ccccc2n2c(SCC(=O)NC3CCCC4CNNC43)nnc12. The molecule has 1 aromatic carbocycles. The summed E-state index contributed by atoms with van der Waals surface area (Å²) < 4.78 is 3.39. The zero-order valence-electron chi connectivity index (χ0n) is 17.1. The monoisotopic (exact) mass is 439 g/mol. The van der Waals surface area contributed by atoms with Gasteiger partial charge < -0.3 is 5.32 Å². The van der Waals surface area contributed by atoms with E-state index in [1.54, 1.807) is 16.7 Å². The van der Waals surface area contributed by atoms with Crippen LogP contribution in [0.25, 0.3) is 16.7 Å². The zero-order valence-corrected chi connectivity index (χ0v) is 17.9. The maximum Gasteiger partial charge on any atom is 0.263 e. The predicted octanol–water partition coefficient (Wildman–Crippen LogP) is 1.08. The molecule has 1 saturated carbocycles. The Morgan fingerprint density at radius 1 is 1.32 bits per heavy atom. The third kappa shape index (κ3) is 3.64. The largest absolute Gasteiger partial charge is 0.351 e. The van der Waals surface area contributed by atoms with Crippen LogP contribution >= 0.6 is 11.8 Å². The summed E-state index contributed by atoms with van der Waals surface area (Å²) in [5, 5.41) is 12.9. The standard InChI is InChI=1S/C21H25N7O2S/c1-2-10-27-19(30)14-7-3-4-9-16(14)28-20(27)25-26-21(28)31-12-17(29)23-15-8-5-6-13-11-22-24-18(13)15/h2-4,7,9,13,15,18,22,24H,1,5-6,8,10-12H2,(H,23,29). The molecule has 0 radical (unpaired) electrons.